The number of carbonyl (C=O) groups excluding carboxylic acids is 1. The van der Waals surface area contributed by atoms with Crippen LogP contribution in [0.3, 0.4) is 0 Å². The largest absolute Gasteiger partial charge is 0.366 e. The molecule has 0 aliphatic carbocycles. The Balaban J connectivity index is 2.98. The van der Waals surface area contributed by atoms with Crippen LogP contribution in [0.25, 0.3) is 0 Å². The van der Waals surface area contributed by atoms with Crippen molar-refractivity contribution in [3.63, 3.8) is 0 Å². The predicted molar refractivity (Wildman–Crippen MR) is 58.1 cm³/mol. The van der Waals surface area contributed by atoms with Gasteiger partial charge in [0.1, 0.15) is 0 Å². The summed E-state index contributed by atoms with van der Waals surface area (Å²) < 4.78 is 0.139. The third-order valence-electron chi connectivity index (χ3n) is 1.55. The lowest BCUT2D eigenvalue weighted by atomic mass is 10.1. The molecule has 13 heavy (non-hydrogen) atoms. The van der Waals surface area contributed by atoms with Crippen LogP contribution in [0.4, 0.5) is 0 Å². The number of pyridine rings is 1. The first-order chi connectivity index (χ1) is 6.11. The van der Waals surface area contributed by atoms with Crippen LogP contribution in [0.15, 0.2) is 18.5 Å². The summed E-state index contributed by atoms with van der Waals surface area (Å²) in [6.45, 7) is 0. The minimum absolute atomic E-state index is 0.139. The van der Waals surface area contributed by atoms with Crippen LogP contribution in [0, 0.1) is 0 Å². The minimum atomic E-state index is -0.441. The number of hydrogen-bond donors (Lipinski definition) is 1. The highest BCUT2D eigenvalue weighted by Crippen LogP contribution is 2.17. The maximum atomic E-state index is 11.0. The molecule has 2 N–H and O–H groups in total. The molecule has 70 valence electrons. The number of nitrogens with two attached hydrogens (primary N) is 1. The Bertz CT molecular complexity index is 315. The van der Waals surface area contributed by atoms with Crippen molar-refractivity contribution >= 4 is 37.8 Å². The van der Waals surface area contributed by atoms with Crippen molar-refractivity contribution in [2.75, 3.05) is 0 Å². The lowest BCUT2D eigenvalue weighted by Gasteiger charge is -2.05. The maximum absolute atomic E-state index is 11.0. The van der Waals surface area contributed by atoms with Gasteiger partial charge in [0.2, 0.25) is 0 Å². The van der Waals surface area contributed by atoms with E-state index in [2.05, 4.69) is 36.8 Å². The summed E-state index contributed by atoms with van der Waals surface area (Å²) in [5.74, 6) is -0.441. The minimum Gasteiger partial charge on any atom is -0.366 e. The van der Waals surface area contributed by atoms with Crippen LogP contribution in [-0.4, -0.2) is 14.6 Å². The standard InChI is InChI=1S/C8H8Br2N2O/c9-7(10)3-5-1-2-12-4-6(5)8(11)13/h1-2,4,7H,3H2,(H2,11,13). The number of amides is 1. The van der Waals surface area contributed by atoms with Crippen molar-refractivity contribution in [3.05, 3.63) is 29.6 Å². The quantitative estimate of drug-likeness (QED) is 0.866. The Morgan fingerprint density at radius 2 is 2.31 bits per heavy atom. The van der Waals surface area contributed by atoms with E-state index in [1.807, 2.05) is 0 Å². The van der Waals surface area contributed by atoms with Crippen molar-refractivity contribution in [3.8, 4) is 0 Å². The molecule has 1 aromatic heterocycles. The van der Waals surface area contributed by atoms with Crippen LogP contribution in [-0.2, 0) is 6.42 Å². The number of hydrogen-bond acceptors (Lipinski definition) is 2. The first-order valence-corrected chi connectivity index (χ1v) is 5.45. The molecule has 3 nitrogen and oxygen atoms in total. The van der Waals surface area contributed by atoms with E-state index in [0.29, 0.717) is 12.0 Å². The zero-order valence-corrected chi connectivity index (χ0v) is 9.88. The van der Waals surface area contributed by atoms with E-state index in [9.17, 15) is 4.79 Å². The summed E-state index contributed by atoms with van der Waals surface area (Å²) in [6, 6.07) is 1.79. The van der Waals surface area contributed by atoms with Gasteiger partial charge in [-0.05, 0) is 18.1 Å². The first kappa shape index (κ1) is 10.7. The number of aromatic nitrogens is 1. The molecule has 1 heterocycles. The van der Waals surface area contributed by atoms with E-state index in [0.717, 1.165) is 5.56 Å². The molecule has 1 aromatic rings. The smallest absolute Gasteiger partial charge is 0.250 e. The fourth-order valence-corrected chi connectivity index (χ4v) is 1.69. The molecule has 5 heteroatoms. The number of alkyl halides is 2. The number of primary amides is 1. The maximum Gasteiger partial charge on any atom is 0.250 e. The second kappa shape index (κ2) is 4.72. The highest BCUT2D eigenvalue weighted by atomic mass is 79.9. The van der Waals surface area contributed by atoms with Crippen LogP contribution < -0.4 is 5.73 Å². The van der Waals surface area contributed by atoms with Gasteiger partial charge in [-0.3, -0.25) is 9.78 Å². The molecule has 0 bridgehead atoms. The molecular weight excluding hydrogens is 300 g/mol. The third kappa shape index (κ3) is 3.08. The fourth-order valence-electron chi connectivity index (χ4n) is 0.989. The van der Waals surface area contributed by atoms with Gasteiger partial charge in [0.05, 0.1) is 9.30 Å². The average molecular weight is 308 g/mol. The summed E-state index contributed by atoms with van der Waals surface area (Å²) in [7, 11) is 0. The highest BCUT2D eigenvalue weighted by molar-refractivity contribution is 9.24. The van der Waals surface area contributed by atoms with Gasteiger partial charge in [0.15, 0.2) is 0 Å². The Labute approximate surface area is 93.0 Å². The molecule has 0 unspecified atom stereocenters. The summed E-state index contributed by atoms with van der Waals surface area (Å²) in [5.41, 5.74) is 6.55. The van der Waals surface area contributed by atoms with Crippen LogP contribution >= 0.6 is 31.9 Å². The Kier molecular flexibility index (Phi) is 3.87. The van der Waals surface area contributed by atoms with Gasteiger partial charge in [-0.25, -0.2) is 0 Å². The molecule has 0 spiro atoms. The summed E-state index contributed by atoms with van der Waals surface area (Å²) in [6.07, 6.45) is 3.82. The molecule has 0 saturated heterocycles. The molecule has 0 atom stereocenters. The zero-order chi connectivity index (χ0) is 9.84. The zero-order valence-electron chi connectivity index (χ0n) is 6.71. The van der Waals surface area contributed by atoms with Crippen molar-refractivity contribution < 1.29 is 4.79 Å². The normalized spacial score (nSPS) is 10.4. The van der Waals surface area contributed by atoms with E-state index < -0.39 is 5.91 Å². The van der Waals surface area contributed by atoms with Crippen molar-refractivity contribution in [1.82, 2.24) is 4.98 Å². The van der Waals surface area contributed by atoms with Crippen LogP contribution in [0.2, 0.25) is 0 Å². The van der Waals surface area contributed by atoms with Gasteiger partial charge in [0.25, 0.3) is 5.91 Å². The van der Waals surface area contributed by atoms with Gasteiger partial charge in [-0.2, -0.15) is 0 Å². The second-order valence-corrected chi connectivity index (χ2v) is 5.93. The first-order valence-electron chi connectivity index (χ1n) is 3.62. The topological polar surface area (TPSA) is 56.0 Å². The van der Waals surface area contributed by atoms with Crippen LogP contribution in [0.1, 0.15) is 15.9 Å². The van der Waals surface area contributed by atoms with Gasteiger partial charge >= 0.3 is 0 Å². The Morgan fingerprint density at radius 1 is 1.62 bits per heavy atom. The third-order valence-corrected chi connectivity index (χ3v) is 2.20. The average Bonchev–Trinajstić information content (AvgIpc) is 2.03. The van der Waals surface area contributed by atoms with E-state index in [4.69, 9.17) is 5.73 Å². The van der Waals surface area contributed by atoms with Crippen molar-refractivity contribution in [2.45, 2.75) is 10.2 Å². The lowest BCUT2D eigenvalue weighted by Crippen LogP contribution is -2.15. The van der Waals surface area contributed by atoms with Crippen molar-refractivity contribution in [2.24, 2.45) is 5.73 Å². The predicted octanol–water partition coefficient (Wildman–Crippen LogP) is 1.84. The van der Waals surface area contributed by atoms with E-state index in [1.54, 1.807) is 12.3 Å². The summed E-state index contributed by atoms with van der Waals surface area (Å²) in [5, 5.41) is 0. The van der Waals surface area contributed by atoms with Gasteiger partial charge in [-0.15, -0.1) is 0 Å². The van der Waals surface area contributed by atoms with Gasteiger partial charge in [-0.1, -0.05) is 31.9 Å². The van der Waals surface area contributed by atoms with E-state index in [-0.39, 0.29) is 3.74 Å². The monoisotopic (exact) mass is 306 g/mol. The van der Waals surface area contributed by atoms with E-state index >= 15 is 0 Å². The summed E-state index contributed by atoms with van der Waals surface area (Å²) in [4.78, 5) is 14.8. The number of carbonyl (C=O) groups is 1. The van der Waals surface area contributed by atoms with Crippen molar-refractivity contribution in [1.29, 1.82) is 0 Å². The van der Waals surface area contributed by atoms with Gasteiger partial charge < -0.3 is 5.73 Å². The molecule has 0 fully saturated rings. The SMILES string of the molecule is NC(=O)c1cnccc1CC(Br)Br. The summed E-state index contributed by atoms with van der Waals surface area (Å²) >= 11 is 6.68. The van der Waals surface area contributed by atoms with E-state index in [1.165, 1.54) is 6.20 Å². The Morgan fingerprint density at radius 3 is 2.85 bits per heavy atom. The molecular formula is C8H8Br2N2O. The molecule has 0 aliphatic heterocycles. The molecule has 0 aliphatic rings. The molecule has 1 rings (SSSR count). The van der Waals surface area contributed by atoms with Crippen LogP contribution in [0.5, 0.6) is 0 Å². The molecule has 0 aromatic carbocycles. The number of halogens is 2. The Hall–Kier alpha value is -0.420. The second-order valence-electron chi connectivity index (χ2n) is 2.49. The number of nitrogens with zero attached hydrogens (tertiary/aromatic N) is 1. The fraction of sp³-hybridized carbons (Fsp3) is 0.250. The number of rotatable bonds is 3. The lowest BCUT2D eigenvalue weighted by molar-refractivity contribution is 0.0999. The molecule has 1 amide bonds. The molecule has 0 saturated carbocycles. The molecule has 0 radical (unpaired) electrons. The highest BCUT2D eigenvalue weighted by Gasteiger charge is 2.09. The van der Waals surface area contributed by atoms with Gasteiger partial charge in [0, 0.05) is 12.4 Å².